The normalized spacial score (nSPS) is 13.7. The number of nitrogens with zero attached hydrogens (tertiary/aromatic N) is 2. The summed E-state index contributed by atoms with van der Waals surface area (Å²) in [6.07, 6.45) is 4.76. The molecule has 1 fully saturated rings. The van der Waals surface area contributed by atoms with Crippen LogP contribution in [0.4, 0.5) is 0 Å². The Hall–Kier alpha value is -2.14. The molecule has 25 heavy (non-hydrogen) atoms. The van der Waals surface area contributed by atoms with Crippen LogP contribution >= 0.6 is 0 Å². The number of rotatable bonds is 9. The van der Waals surface area contributed by atoms with Crippen molar-refractivity contribution in [1.82, 2.24) is 9.97 Å². The van der Waals surface area contributed by atoms with Crippen molar-refractivity contribution in [3.63, 3.8) is 0 Å². The molecule has 2 aromatic rings. The summed E-state index contributed by atoms with van der Waals surface area (Å²) in [6.45, 7) is 3.25. The number of ether oxygens (including phenoxy) is 2. The highest BCUT2D eigenvalue weighted by atomic mass is 16.5. The van der Waals surface area contributed by atoms with Crippen LogP contribution in [0.1, 0.15) is 48.3 Å². The fraction of sp³-hybridized carbons (Fsp3) is 0.500. The van der Waals surface area contributed by atoms with E-state index in [-0.39, 0.29) is 0 Å². The van der Waals surface area contributed by atoms with E-state index in [4.69, 9.17) is 25.2 Å². The summed E-state index contributed by atoms with van der Waals surface area (Å²) >= 11 is 0. The predicted molar refractivity (Wildman–Crippen MR) is 98.3 cm³/mol. The third-order valence-electron chi connectivity index (χ3n) is 4.55. The van der Waals surface area contributed by atoms with Gasteiger partial charge >= 0.3 is 0 Å². The number of aryl methyl sites for hydroxylation is 1. The van der Waals surface area contributed by atoms with Gasteiger partial charge in [0, 0.05) is 17.9 Å². The Bertz CT molecular complexity index is 714. The minimum Gasteiger partial charge on any atom is -0.496 e. The van der Waals surface area contributed by atoms with Gasteiger partial charge in [-0.3, -0.25) is 0 Å². The van der Waals surface area contributed by atoms with Gasteiger partial charge in [-0.25, -0.2) is 4.98 Å². The molecular weight excluding hydrogens is 314 g/mol. The summed E-state index contributed by atoms with van der Waals surface area (Å²) in [5.41, 5.74) is 9.07. The van der Waals surface area contributed by atoms with Crippen LogP contribution in [0.2, 0.25) is 0 Å². The van der Waals surface area contributed by atoms with Crippen LogP contribution in [-0.4, -0.2) is 30.2 Å². The van der Waals surface area contributed by atoms with Crippen molar-refractivity contribution in [3.8, 4) is 11.6 Å². The smallest absolute Gasteiger partial charge is 0.220 e. The molecule has 3 rings (SSSR count). The minimum atomic E-state index is 0.508. The van der Waals surface area contributed by atoms with E-state index in [1.165, 1.54) is 12.8 Å². The van der Waals surface area contributed by atoms with Gasteiger partial charge in [0.1, 0.15) is 11.6 Å². The van der Waals surface area contributed by atoms with Gasteiger partial charge in [0.2, 0.25) is 5.88 Å². The van der Waals surface area contributed by atoms with Crippen LogP contribution in [0, 0.1) is 0 Å². The molecule has 2 N–H and O–H groups in total. The van der Waals surface area contributed by atoms with E-state index in [9.17, 15) is 0 Å². The molecule has 1 aromatic carbocycles. The molecule has 5 heteroatoms. The molecule has 134 valence electrons. The fourth-order valence-corrected chi connectivity index (χ4v) is 3.02. The summed E-state index contributed by atoms with van der Waals surface area (Å²) in [4.78, 5) is 9.47. The molecule has 1 heterocycles. The second kappa shape index (κ2) is 8.30. The molecular formula is C20H27N3O2. The van der Waals surface area contributed by atoms with Crippen molar-refractivity contribution in [1.29, 1.82) is 0 Å². The Kier molecular flexibility index (Phi) is 5.87. The lowest BCUT2D eigenvalue weighted by Gasteiger charge is -2.15. The van der Waals surface area contributed by atoms with Crippen molar-refractivity contribution < 1.29 is 9.47 Å². The van der Waals surface area contributed by atoms with Gasteiger partial charge in [0.05, 0.1) is 19.4 Å². The Balaban J connectivity index is 1.76. The number of methoxy groups -OCH3 is 1. The first-order valence-corrected chi connectivity index (χ1v) is 9.11. The van der Waals surface area contributed by atoms with Crippen molar-refractivity contribution in [2.24, 2.45) is 5.73 Å². The van der Waals surface area contributed by atoms with Gasteiger partial charge in [0.15, 0.2) is 0 Å². The zero-order valence-corrected chi connectivity index (χ0v) is 15.1. The quantitative estimate of drug-likeness (QED) is 0.759. The largest absolute Gasteiger partial charge is 0.496 e. The van der Waals surface area contributed by atoms with Gasteiger partial charge in [0.25, 0.3) is 0 Å². The molecule has 1 aliphatic carbocycles. The van der Waals surface area contributed by atoms with Crippen LogP contribution in [0.3, 0.4) is 0 Å². The van der Waals surface area contributed by atoms with Crippen LogP contribution in [0.5, 0.6) is 11.6 Å². The Morgan fingerprint density at radius 2 is 1.96 bits per heavy atom. The molecule has 0 radical (unpaired) electrons. The molecule has 0 unspecified atom stereocenters. The zero-order chi connectivity index (χ0) is 17.6. The maximum Gasteiger partial charge on any atom is 0.220 e. The predicted octanol–water partition coefficient (Wildman–Crippen LogP) is 3.05. The van der Waals surface area contributed by atoms with E-state index in [2.05, 4.69) is 13.0 Å². The Morgan fingerprint density at radius 1 is 1.16 bits per heavy atom. The molecule has 1 saturated carbocycles. The van der Waals surface area contributed by atoms with Gasteiger partial charge in [-0.05, 0) is 43.9 Å². The summed E-state index contributed by atoms with van der Waals surface area (Å²) < 4.78 is 11.5. The standard InChI is InChI=1S/C20H27N3O2/c1-3-17-16(10-12-21)20(23-19(22-17)15-8-9-15)25-13-11-14-6-4-5-7-18(14)24-2/h4-7,15H,3,8-13,21H2,1-2H3. The number of aromatic nitrogens is 2. The second-order valence-electron chi connectivity index (χ2n) is 6.39. The average Bonchev–Trinajstić information content (AvgIpc) is 3.48. The van der Waals surface area contributed by atoms with Crippen molar-refractivity contribution >= 4 is 0 Å². The molecule has 0 bridgehead atoms. The lowest BCUT2D eigenvalue weighted by Crippen LogP contribution is -2.14. The van der Waals surface area contributed by atoms with E-state index in [1.807, 2.05) is 18.2 Å². The fourth-order valence-electron chi connectivity index (χ4n) is 3.02. The Morgan fingerprint density at radius 3 is 2.64 bits per heavy atom. The van der Waals surface area contributed by atoms with Gasteiger partial charge in [-0.1, -0.05) is 25.1 Å². The average molecular weight is 341 g/mol. The maximum atomic E-state index is 6.09. The third kappa shape index (κ3) is 4.28. The minimum absolute atomic E-state index is 0.508. The first kappa shape index (κ1) is 17.7. The van der Waals surface area contributed by atoms with E-state index < -0.39 is 0 Å². The molecule has 5 nitrogen and oxygen atoms in total. The number of hydrogen-bond donors (Lipinski definition) is 1. The highest BCUT2D eigenvalue weighted by Gasteiger charge is 2.28. The molecule has 0 spiro atoms. The van der Waals surface area contributed by atoms with E-state index >= 15 is 0 Å². The third-order valence-corrected chi connectivity index (χ3v) is 4.55. The molecule has 0 aliphatic heterocycles. The van der Waals surface area contributed by atoms with E-state index in [0.717, 1.165) is 47.7 Å². The summed E-state index contributed by atoms with van der Waals surface area (Å²) in [7, 11) is 1.69. The number of nitrogens with two attached hydrogens (primary N) is 1. The van der Waals surface area contributed by atoms with Crippen molar-refractivity contribution in [2.75, 3.05) is 20.3 Å². The van der Waals surface area contributed by atoms with Crippen LogP contribution in [0.15, 0.2) is 24.3 Å². The molecule has 0 atom stereocenters. The number of hydrogen-bond acceptors (Lipinski definition) is 5. The zero-order valence-electron chi connectivity index (χ0n) is 15.1. The van der Waals surface area contributed by atoms with Gasteiger partial charge < -0.3 is 15.2 Å². The SMILES string of the molecule is CCc1nc(C2CC2)nc(OCCc2ccccc2OC)c1CCN. The summed E-state index contributed by atoms with van der Waals surface area (Å²) in [5, 5.41) is 0. The maximum absolute atomic E-state index is 6.09. The van der Waals surface area contributed by atoms with Crippen molar-refractivity contribution in [2.45, 2.75) is 44.9 Å². The molecule has 0 amide bonds. The van der Waals surface area contributed by atoms with Gasteiger partial charge in [-0.2, -0.15) is 4.98 Å². The summed E-state index contributed by atoms with van der Waals surface area (Å²) in [6, 6.07) is 8.03. The number of benzene rings is 1. The number of para-hydroxylation sites is 1. The molecule has 1 aromatic heterocycles. The second-order valence-corrected chi connectivity index (χ2v) is 6.39. The van der Waals surface area contributed by atoms with Crippen LogP contribution < -0.4 is 15.2 Å². The first-order chi connectivity index (χ1) is 12.3. The Labute approximate surface area is 149 Å². The van der Waals surface area contributed by atoms with E-state index in [1.54, 1.807) is 7.11 Å². The first-order valence-electron chi connectivity index (χ1n) is 9.11. The lowest BCUT2D eigenvalue weighted by molar-refractivity contribution is 0.300. The summed E-state index contributed by atoms with van der Waals surface area (Å²) in [5.74, 6) is 3.05. The topological polar surface area (TPSA) is 70.3 Å². The molecule has 1 aliphatic rings. The van der Waals surface area contributed by atoms with Crippen molar-refractivity contribution in [3.05, 3.63) is 46.9 Å². The highest BCUT2D eigenvalue weighted by Crippen LogP contribution is 2.39. The monoisotopic (exact) mass is 341 g/mol. The van der Waals surface area contributed by atoms with Gasteiger partial charge in [-0.15, -0.1) is 0 Å². The molecule has 0 saturated heterocycles. The lowest BCUT2D eigenvalue weighted by atomic mass is 10.1. The van der Waals surface area contributed by atoms with Crippen LogP contribution in [0.25, 0.3) is 0 Å². The van der Waals surface area contributed by atoms with Crippen LogP contribution in [-0.2, 0) is 19.3 Å². The van der Waals surface area contributed by atoms with E-state index in [0.29, 0.717) is 24.9 Å². The highest BCUT2D eigenvalue weighted by molar-refractivity contribution is 5.35.